The van der Waals surface area contributed by atoms with Crippen LogP contribution in [0.4, 0.5) is 8.78 Å². The van der Waals surface area contributed by atoms with Crippen molar-refractivity contribution < 1.29 is 8.78 Å². The van der Waals surface area contributed by atoms with Crippen molar-refractivity contribution in [3.05, 3.63) is 88.4 Å². The zero-order valence-electron chi connectivity index (χ0n) is 18.1. The van der Waals surface area contributed by atoms with E-state index in [1.165, 1.54) is 23.3 Å². The third-order valence-electron chi connectivity index (χ3n) is 6.33. The Balaban J connectivity index is 1.25. The van der Waals surface area contributed by atoms with Gasteiger partial charge in [0.05, 0.1) is 0 Å². The normalized spacial score (nSPS) is 19.1. The molecule has 3 aromatic rings. The van der Waals surface area contributed by atoms with Crippen molar-refractivity contribution in [2.75, 3.05) is 38.5 Å². The number of halogens is 3. The fourth-order valence-corrected chi connectivity index (χ4v) is 6.78. The maximum Gasteiger partial charge on any atom is 0.124 e. The number of benzene rings is 3. The zero-order chi connectivity index (χ0) is 22.8. The number of nitrogens with zero attached hydrogens (tertiary/aromatic N) is 2. The van der Waals surface area contributed by atoms with Gasteiger partial charge in [0.1, 0.15) is 11.6 Å². The number of hydrogen-bond donors (Lipinski definition) is 0. The lowest BCUT2D eigenvalue weighted by Crippen LogP contribution is -2.48. The summed E-state index contributed by atoms with van der Waals surface area (Å²) in [5, 5.41) is 0.743. The SMILES string of the molecule is Fc1ccc(SCCN2CCN(C3Cc4ccc(F)cc4Sc4ccc(Cl)cc43)CC2)cc1. The van der Waals surface area contributed by atoms with Crippen LogP contribution in [0.5, 0.6) is 0 Å². The van der Waals surface area contributed by atoms with Crippen molar-refractivity contribution in [2.45, 2.75) is 27.1 Å². The quantitative estimate of drug-likeness (QED) is 0.355. The second-order valence-electron chi connectivity index (χ2n) is 8.44. The van der Waals surface area contributed by atoms with Crippen LogP contribution in [0.2, 0.25) is 5.02 Å². The van der Waals surface area contributed by atoms with E-state index in [0.29, 0.717) is 0 Å². The second-order valence-corrected chi connectivity index (χ2v) is 11.1. The molecule has 2 heterocycles. The van der Waals surface area contributed by atoms with Crippen molar-refractivity contribution >= 4 is 35.1 Å². The molecule has 2 aliphatic heterocycles. The first-order chi connectivity index (χ1) is 16.0. The maximum atomic E-state index is 13.9. The van der Waals surface area contributed by atoms with E-state index in [2.05, 4.69) is 21.9 Å². The van der Waals surface area contributed by atoms with Gasteiger partial charge in [0, 0.05) is 64.2 Å². The molecule has 0 saturated carbocycles. The van der Waals surface area contributed by atoms with Crippen LogP contribution in [0.15, 0.2) is 75.4 Å². The Hall–Kier alpha value is -1.57. The van der Waals surface area contributed by atoms with Crippen LogP contribution >= 0.6 is 35.1 Å². The Morgan fingerprint density at radius 2 is 1.64 bits per heavy atom. The molecule has 1 atom stereocenters. The minimum absolute atomic E-state index is 0.192. The lowest BCUT2D eigenvalue weighted by atomic mass is 9.96. The molecule has 172 valence electrons. The van der Waals surface area contributed by atoms with E-state index in [1.54, 1.807) is 35.7 Å². The molecule has 1 saturated heterocycles. The first kappa shape index (κ1) is 23.2. The van der Waals surface area contributed by atoms with Gasteiger partial charge in [0.25, 0.3) is 0 Å². The largest absolute Gasteiger partial charge is 0.300 e. The fourth-order valence-electron chi connectivity index (χ4n) is 4.55. The standard InChI is InChI=1S/C26H25ClF2N2S2/c27-19-2-8-25-23(16-19)24(15-18-1-3-21(29)17-26(18)33-25)31-11-9-30(10-12-31)13-14-32-22-6-4-20(28)5-7-22/h1-8,16-17,24H,9-15H2. The minimum atomic E-state index is -0.192. The van der Waals surface area contributed by atoms with Gasteiger partial charge in [-0.15, -0.1) is 11.8 Å². The van der Waals surface area contributed by atoms with Crippen LogP contribution in [0, 0.1) is 11.6 Å². The summed E-state index contributed by atoms with van der Waals surface area (Å²) in [5.41, 5.74) is 2.43. The second kappa shape index (κ2) is 10.4. The third kappa shape index (κ3) is 5.57. The number of thioether (sulfide) groups is 1. The predicted octanol–water partition coefficient (Wildman–Crippen LogP) is 6.78. The molecule has 7 heteroatoms. The van der Waals surface area contributed by atoms with E-state index in [-0.39, 0.29) is 17.7 Å². The Morgan fingerprint density at radius 1 is 0.879 bits per heavy atom. The number of rotatable bonds is 5. The smallest absolute Gasteiger partial charge is 0.124 e. The Morgan fingerprint density at radius 3 is 2.42 bits per heavy atom. The molecule has 0 radical (unpaired) electrons. The van der Waals surface area contributed by atoms with E-state index in [1.807, 2.05) is 24.3 Å². The minimum Gasteiger partial charge on any atom is -0.300 e. The van der Waals surface area contributed by atoms with Crippen LogP contribution in [-0.2, 0) is 6.42 Å². The van der Waals surface area contributed by atoms with Gasteiger partial charge in [-0.3, -0.25) is 9.80 Å². The van der Waals surface area contributed by atoms with E-state index < -0.39 is 0 Å². The molecule has 0 amide bonds. The number of fused-ring (bicyclic) bond motifs is 2. The predicted molar refractivity (Wildman–Crippen MR) is 134 cm³/mol. The van der Waals surface area contributed by atoms with Gasteiger partial charge in [-0.2, -0.15) is 0 Å². The van der Waals surface area contributed by atoms with Crippen molar-refractivity contribution in [1.82, 2.24) is 9.80 Å². The Kier molecular flexibility index (Phi) is 7.28. The average molecular weight is 503 g/mol. The monoisotopic (exact) mass is 502 g/mol. The molecule has 1 unspecified atom stereocenters. The highest BCUT2D eigenvalue weighted by atomic mass is 35.5. The van der Waals surface area contributed by atoms with E-state index in [4.69, 9.17) is 11.6 Å². The molecule has 2 nitrogen and oxygen atoms in total. The van der Waals surface area contributed by atoms with Gasteiger partial charge in [-0.05, 0) is 72.1 Å². The molecule has 0 aliphatic carbocycles. The highest BCUT2D eigenvalue weighted by molar-refractivity contribution is 7.99. The molecular weight excluding hydrogens is 478 g/mol. The van der Waals surface area contributed by atoms with E-state index in [9.17, 15) is 8.78 Å². The number of piperazine rings is 1. The van der Waals surface area contributed by atoms with Crippen LogP contribution < -0.4 is 0 Å². The van der Waals surface area contributed by atoms with Crippen LogP contribution in [-0.4, -0.2) is 48.3 Å². The third-order valence-corrected chi connectivity index (χ3v) is 8.75. The van der Waals surface area contributed by atoms with E-state index in [0.717, 1.165) is 64.6 Å². The summed E-state index contributed by atoms with van der Waals surface area (Å²) < 4.78 is 27.0. The summed E-state index contributed by atoms with van der Waals surface area (Å²) in [6.07, 6.45) is 0.858. The maximum absolute atomic E-state index is 13.9. The summed E-state index contributed by atoms with van der Waals surface area (Å²) in [4.78, 5) is 8.32. The molecule has 0 aromatic heterocycles. The topological polar surface area (TPSA) is 6.48 Å². The molecule has 0 N–H and O–H groups in total. The Labute approximate surface area is 207 Å². The molecule has 5 rings (SSSR count). The van der Waals surface area contributed by atoms with Crippen LogP contribution in [0.25, 0.3) is 0 Å². The summed E-state index contributed by atoms with van der Waals surface area (Å²) in [6.45, 7) is 5.01. The molecule has 2 aliphatic rings. The lowest BCUT2D eigenvalue weighted by Gasteiger charge is -2.39. The molecular formula is C26H25ClF2N2S2. The van der Waals surface area contributed by atoms with Crippen molar-refractivity contribution in [3.8, 4) is 0 Å². The lowest BCUT2D eigenvalue weighted by molar-refractivity contribution is 0.0984. The van der Waals surface area contributed by atoms with Gasteiger partial charge in [-0.25, -0.2) is 8.78 Å². The van der Waals surface area contributed by atoms with Gasteiger partial charge in [-0.1, -0.05) is 29.4 Å². The fraction of sp³-hybridized carbons (Fsp3) is 0.308. The highest BCUT2D eigenvalue weighted by Crippen LogP contribution is 2.44. The van der Waals surface area contributed by atoms with Gasteiger partial charge < -0.3 is 0 Å². The van der Waals surface area contributed by atoms with Crippen LogP contribution in [0.1, 0.15) is 17.2 Å². The zero-order valence-corrected chi connectivity index (χ0v) is 20.5. The molecule has 1 fully saturated rings. The van der Waals surface area contributed by atoms with Gasteiger partial charge in [0.15, 0.2) is 0 Å². The van der Waals surface area contributed by atoms with Crippen LogP contribution in [0.3, 0.4) is 0 Å². The number of hydrogen-bond acceptors (Lipinski definition) is 4. The first-order valence-electron chi connectivity index (χ1n) is 11.2. The summed E-state index contributed by atoms with van der Waals surface area (Å²) in [7, 11) is 0. The van der Waals surface area contributed by atoms with E-state index >= 15 is 0 Å². The molecule has 0 bridgehead atoms. The van der Waals surface area contributed by atoms with Crippen molar-refractivity contribution in [2.24, 2.45) is 0 Å². The molecule has 3 aromatic carbocycles. The summed E-state index contributed by atoms with van der Waals surface area (Å²) in [5.74, 6) is 0.605. The first-order valence-corrected chi connectivity index (χ1v) is 13.3. The summed E-state index contributed by atoms with van der Waals surface area (Å²) in [6, 6.07) is 18.2. The van der Waals surface area contributed by atoms with Crippen molar-refractivity contribution in [1.29, 1.82) is 0 Å². The van der Waals surface area contributed by atoms with Gasteiger partial charge >= 0.3 is 0 Å². The molecule has 33 heavy (non-hydrogen) atoms. The van der Waals surface area contributed by atoms with Crippen molar-refractivity contribution in [3.63, 3.8) is 0 Å². The highest BCUT2D eigenvalue weighted by Gasteiger charge is 2.30. The summed E-state index contributed by atoms with van der Waals surface area (Å²) >= 11 is 9.80. The Bertz CT molecular complexity index is 1120. The van der Waals surface area contributed by atoms with Gasteiger partial charge in [0.2, 0.25) is 0 Å². The molecule has 0 spiro atoms. The average Bonchev–Trinajstić information content (AvgIpc) is 2.97.